The fourth-order valence-corrected chi connectivity index (χ4v) is 1.94. The number of rotatable bonds is 6. The zero-order valence-corrected chi connectivity index (χ0v) is 10.9. The predicted octanol–water partition coefficient (Wildman–Crippen LogP) is 2.09. The fraction of sp³-hybridized carbons (Fsp3) is 0.267. The Balaban J connectivity index is 2.06. The molecule has 4 heteroatoms. The standard InChI is InChI=1S/C15H18N2O2/c1-16-14(18)9-10-17-15(13-8-5-11-19-13)12-6-3-2-4-7-12/h2-8,11,15,17H,9-10H2,1H3,(H,16,18). The van der Waals surface area contributed by atoms with Crippen molar-refractivity contribution in [2.24, 2.45) is 0 Å². The van der Waals surface area contributed by atoms with E-state index in [1.54, 1.807) is 13.3 Å². The van der Waals surface area contributed by atoms with Gasteiger partial charge in [0.15, 0.2) is 0 Å². The first-order valence-corrected chi connectivity index (χ1v) is 6.33. The van der Waals surface area contributed by atoms with Crippen molar-refractivity contribution >= 4 is 5.91 Å². The van der Waals surface area contributed by atoms with Crippen LogP contribution < -0.4 is 10.6 Å². The third kappa shape index (κ3) is 3.69. The van der Waals surface area contributed by atoms with Gasteiger partial charge in [0.1, 0.15) is 5.76 Å². The van der Waals surface area contributed by atoms with Crippen LogP contribution in [0.3, 0.4) is 0 Å². The molecule has 0 fully saturated rings. The minimum Gasteiger partial charge on any atom is -0.467 e. The van der Waals surface area contributed by atoms with E-state index in [-0.39, 0.29) is 11.9 Å². The molecule has 1 heterocycles. The maximum Gasteiger partial charge on any atom is 0.221 e. The highest BCUT2D eigenvalue weighted by atomic mass is 16.3. The van der Waals surface area contributed by atoms with Crippen LogP contribution in [0.1, 0.15) is 23.8 Å². The number of benzene rings is 1. The van der Waals surface area contributed by atoms with Crippen LogP contribution >= 0.6 is 0 Å². The first-order chi connectivity index (χ1) is 9.31. The lowest BCUT2D eigenvalue weighted by Gasteiger charge is -2.16. The summed E-state index contributed by atoms with van der Waals surface area (Å²) < 4.78 is 5.47. The molecule has 0 radical (unpaired) electrons. The summed E-state index contributed by atoms with van der Waals surface area (Å²) >= 11 is 0. The summed E-state index contributed by atoms with van der Waals surface area (Å²) in [6.07, 6.45) is 2.10. The number of nitrogens with one attached hydrogen (secondary N) is 2. The Kier molecular flexibility index (Phi) is 4.75. The Morgan fingerprint density at radius 2 is 2.00 bits per heavy atom. The van der Waals surface area contributed by atoms with Crippen LogP contribution in [0.5, 0.6) is 0 Å². The second-order valence-electron chi connectivity index (χ2n) is 4.24. The van der Waals surface area contributed by atoms with Gasteiger partial charge in [0.05, 0.1) is 12.3 Å². The monoisotopic (exact) mass is 258 g/mol. The van der Waals surface area contributed by atoms with Crippen molar-refractivity contribution in [3.05, 3.63) is 60.1 Å². The Morgan fingerprint density at radius 1 is 1.21 bits per heavy atom. The van der Waals surface area contributed by atoms with Gasteiger partial charge in [0.25, 0.3) is 0 Å². The summed E-state index contributed by atoms with van der Waals surface area (Å²) in [6.45, 7) is 0.597. The number of furan rings is 1. The molecule has 19 heavy (non-hydrogen) atoms. The van der Waals surface area contributed by atoms with Crippen molar-refractivity contribution in [3.63, 3.8) is 0 Å². The summed E-state index contributed by atoms with van der Waals surface area (Å²) in [5.41, 5.74) is 1.12. The minimum atomic E-state index is -0.0270. The topological polar surface area (TPSA) is 54.3 Å². The van der Waals surface area contributed by atoms with Crippen LogP contribution in [0.4, 0.5) is 0 Å². The molecule has 0 saturated heterocycles. The number of carbonyl (C=O) groups excluding carboxylic acids is 1. The molecule has 1 aromatic heterocycles. The van der Waals surface area contributed by atoms with E-state index in [0.29, 0.717) is 13.0 Å². The zero-order chi connectivity index (χ0) is 13.5. The third-order valence-electron chi connectivity index (χ3n) is 2.94. The van der Waals surface area contributed by atoms with Crippen LogP contribution in [-0.4, -0.2) is 19.5 Å². The quantitative estimate of drug-likeness (QED) is 0.834. The Labute approximate surface area is 112 Å². The van der Waals surface area contributed by atoms with E-state index in [2.05, 4.69) is 10.6 Å². The first-order valence-electron chi connectivity index (χ1n) is 6.33. The number of amides is 1. The molecule has 0 aliphatic rings. The molecule has 0 saturated carbocycles. The van der Waals surface area contributed by atoms with Crippen molar-refractivity contribution < 1.29 is 9.21 Å². The molecule has 0 bridgehead atoms. The number of hydrogen-bond donors (Lipinski definition) is 2. The Bertz CT molecular complexity index is 494. The fourth-order valence-electron chi connectivity index (χ4n) is 1.94. The minimum absolute atomic E-state index is 0.0266. The molecule has 2 rings (SSSR count). The number of carbonyl (C=O) groups is 1. The van der Waals surface area contributed by atoms with Gasteiger partial charge in [-0.1, -0.05) is 30.3 Å². The largest absolute Gasteiger partial charge is 0.467 e. The highest BCUT2D eigenvalue weighted by molar-refractivity contribution is 5.75. The predicted molar refractivity (Wildman–Crippen MR) is 73.7 cm³/mol. The average Bonchev–Trinajstić information content (AvgIpc) is 2.98. The van der Waals surface area contributed by atoms with Crippen molar-refractivity contribution in [1.29, 1.82) is 0 Å². The molecule has 0 aliphatic heterocycles. The number of hydrogen-bond acceptors (Lipinski definition) is 3. The maximum atomic E-state index is 11.2. The van der Waals surface area contributed by atoms with Gasteiger partial charge in [-0.2, -0.15) is 0 Å². The van der Waals surface area contributed by atoms with Gasteiger partial charge in [0.2, 0.25) is 5.91 Å². The van der Waals surface area contributed by atoms with Gasteiger partial charge in [-0.15, -0.1) is 0 Å². The summed E-state index contributed by atoms with van der Waals surface area (Å²) in [6, 6.07) is 13.8. The average molecular weight is 258 g/mol. The van der Waals surface area contributed by atoms with Crippen molar-refractivity contribution in [2.75, 3.05) is 13.6 Å². The Hall–Kier alpha value is -2.07. The van der Waals surface area contributed by atoms with Gasteiger partial charge in [-0.25, -0.2) is 0 Å². The van der Waals surface area contributed by atoms with E-state index in [1.807, 2.05) is 42.5 Å². The van der Waals surface area contributed by atoms with Gasteiger partial charge < -0.3 is 15.1 Å². The van der Waals surface area contributed by atoms with Gasteiger partial charge in [-0.05, 0) is 17.7 Å². The molecule has 0 aliphatic carbocycles. The zero-order valence-electron chi connectivity index (χ0n) is 10.9. The first kappa shape index (κ1) is 13.4. The van der Waals surface area contributed by atoms with Crippen LogP contribution in [-0.2, 0) is 4.79 Å². The molecule has 0 spiro atoms. The van der Waals surface area contributed by atoms with E-state index in [9.17, 15) is 4.79 Å². The lowest BCUT2D eigenvalue weighted by Crippen LogP contribution is -2.28. The SMILES string of the molecule is CNC(=O)CCNC(c1ccccc1)c1ccco1. The van der Waals surface area contributed by atoms with Crippen LogP contribution in [0.25, 0.3) is 0 Å². The van der Waals surface area contributed by atoms with E-state index >= 15 is 0 Å². The van der Waals surface area contributed by atoms with Crippen LogP contribution in [0.2, 0.25) is 0 Å². The summed E-state index contributed by atoms with van der Waals surface area (Å²) in [5.74, 6) is 0.877. The lowest BCUT2D eigenvalue weighted by molar-refractivity contribution is -0.120. The normalized spacial score (nSPS) is 12.1. The highest BCUT2D eigenvalue weighted by Gasteiger charge is 2.15. The van der Waals surface area contributed by atoms with E-state index < -0.39 is 0 Å². The lowest BCUT2D eigenvalue weighted by atomic mass is 10.0. The molecule has 1 aromatic carbocycles. The second-order valence-corrected chi connectivity index (χ2v) is 4.24. The van der Waals surface area contributed by atoms with Crippen molar-refractivity contribution in [2.45, 2.75) is 12.5 Å². The Morgan fingerprint density at radius 3 is 2.63 bits per heavy atom. The second kappa shape index (κ2) is 6.75. The summed E-state index contributed by atoms with van der Waals surface area (Å²) in [4.78, 5) is 11.2. The summed E-state index contributed by atoms with van der Waals surface area (Å²) in [5, 5.41) is 5.96. The van der Waals surface area contributed by atoms with E-state index in [0.717, 1.165) is 11.3 Å². The van der Waals surface area contributed by atoms with Crippen molar-refractivity contribution in [1.82, 2.24) is 10.6 Å². The molecule has 2 N–H and O–H groups in total. The maximum absolute atomic E-state index is 11.2. The van der Waals surface area contributed by atoms with Crippen LogP contribution in [0, 0.1) is 0 Å². The van der Waals surface area contributed by atoms with E-state index in [4.69, 9.17) is 4.42 Å². The van der Waals surface area contributed by atoms with E-state index in [1.165, 1.54) is 0 Å². The molecular formula is C15H18N2O2. The van der Waals surface area contributed by atoms with Gasteiger partial charge in [-0.3, -0.25) is 4.79 Å². The summed E-state index contributed by atoms with van der Waals surface area (Å²) in [7, 11) is 1.64. The molecule has 1 atom stereocenters. The smallest absolute Gasteiger partial charge is 0.221 e. The highest BCUT2D eigenvalue weighted by Crippen LogP contribution is 2.22. The van der Waals surface area contributed by atoms with Crippen molar-refractivity contribution in [3.8, 4) is 0 Å². The molecule has 4 nitrogen and oxygen atoms in total. The molecule has 100 valence electrons. The molecule has 1 amide bonds. The van der Waals surface area contributed by atoms with Gasteiger partial charge in [0, 0.05) is 20.0 Å². The van der Waals surface area contributed by atoms with Gasteiger partial charge >= 0.3 is 0 Å². The third-order valence-corrected chi connectivity index (χ3v) is 2.94. The molecular weight excluding hydrogens is 240 g/mol. The van der Waals surface area contributed by atoms with Crippen LogP contribution in [0.15, 0.2) is 53.1 Å². The molecule has 2 aromatic rings. The molecule has 1 unspecified atom stereocenters.